The standard InChI is InChI=1S/C24H30Cl2N2O3/c1-6-17(4)27-24(30)18(5)28(13-19-20(25)8-7-9-21(19)26)23(29)14-31-22-12-15(2)10-11-16(22)3/h7-12,17-18H,6,13-14H2,1-5H3,(H,27,30)/t17-,18-/m1/s1. The number of amides is 2. The second-order valence-corrected chi connectivity index (χ2v) is 8.59. The summed E-state index contributed by atoms with van der Waals surface area (Å²) in [6.07, 6.45) is 0.790. The Morgan fingerprint density at radius 2 is 1.74 bits per heavy atom. The largest absolute Gasteiger partial charge is 0.483 e. The Hall–Kier alpha value is -2.24. The molecule has 0 unspecified atom stereocenters. The highest BCUT2D eigenvalue weighted by molar-refractivity contribution is 6.36. The van der Waals surface area contributed by atoms with E-state index in [0.29, 0.717) is 21.4 Å². The maximum Gasteiger partial charge on any atom is 0.261 e. The van der Waals surface area contributed by atoms with Gasteiger partial charge in [-0.3, -0.25) is 9.59 Å². The number of halogens is 2. The molecule has 2 aromatic rings. The van der Waals surface area contributed by atoms with Gasteiger partial charge in [0.25, 0.3) is 5.91 Å². The third-order valence-corrected chi connectivity index (χ3v) is 5.96. The van der Waals surface area contributed by atoms with Crippen molar-refractivity contribution >= 4 is 35.0 Å². The minimum absolute atomic E-state index is 0.00185. The van der Waals surface area contributed by atoms with Crippen molar-refractivity contribution in [3.8, 4) is 5.75 Å². The van der Waals surface area contributed by atoms with Gasteiger partial charge < -0.3 is 15.0 Å². The van der Waals surface area contributed by atoms with Crippen molar-refractivity contribution in [3.63, 3.8) is 0 Å². The van der Waals surface area contributed by atoms with Crippen LogP contribution in [0.3, 0.4) is 0 Å². The van der Waals surface area contributed by atoms with E-state index in [4.69, 9.17) is 27.9 Å². The topological polar surface area (TPSA) is 58.6 Å². The number of carbonyl (C=O) groups excluding carboxylic acids is 2. The molecule has 0 spiro atoms. The summed E-state index contributed by atoms with van der Waals surface area (Å²) in [5.41, 5.74) is 2.56. The number of nitrogens with zero attached hydrogens (tertiary/aromatic N) is 1. The molecule has 0 saturated carbocycles. The highest BCUT2D eigenvalue weighted by Crippen LogP contribution is 2.27. The molecule has 168 valence electrons. The molecule has 2 aromatic carbocycles. The molecule has 7 heteroatoms. The summed E-state index contributed by atoms with van der Waals surface area (Å²) in [5.74, 6) is 0.0714. The van der Waals surface area contributed by atoms with E-state index in [1.165, 1.54) is 4.90 Å². The van der Waals surface area contributed by atoms with Crippen molar-refractivity contribution in [2.45, 2.75) is 59.7 Å². The van der Waals surface area contributed by atoms with Crippen LogP contribution in [0.5, 0.6) is 5.75 Å². The van der Waals surface area contributed by atoms with E-state index >= 15 is 0 Å². The van der Waals surface area contributed by atoms with Gasteiger partial charge in [0, 0.05) is 28.2 Å². The van der Waals surface area contributed by atoms with Gasteiger partial charge in [0.05, 0.1) is 0 Å². The lowest BCUT2D eigenvalue weighted by atomic mass is 10.1. The lowest BCUT2D eigenvalue weighted by Crippen LogP contribution is -2.50. The molecule has 2 rings (SSSR count). The summed E-state index contributed by atoms with van der Waals surface area (Å²) in [5, 5.41) is 3.81. The fourth-order valence-electron chi connectivity index (χ4n) is 2.99. The lowest BCUT2D eigenvalue weighted by Gasteiger charge is -2.30. The number of nitrogens with one attached hydrogen (secondary N) is 1. The van der Waals surface area contributed by atoms with Crippen LogP contribution in [0.4, 0.5) is 0 Å². The number of carbonyl (C=O) groups is 2. The molecule has 5 nitrogen and oxygen atoms in total. The molecule has 0 aromatic heterocycles. The molecule has 0 radical (unpaired) electrons. The first kappa shape index (κ1) is 25.0. The Labute approximate surface area is 194 Å². The zero-order valence-electron chi connectivity index (χ0n) is 18.7. The average Bonchev–Trinajstić information content (AvgIpc) is 2.73. The van der Waals surface area contributed by atoms with E-state index in [1.807, 2.05) is 45.9 Å². The number of rotatable bonds is 9. The first-order valence-electron chi connectivity index (χ1n) is 10.4. The summed E-state index contributed by atoms with van der Waals surface area (Å²) in [6, 6.07) is 10.2. The molecule has 0 bridgehead atoms. The molecular weight excluding hydrogens is 435 g/mol. The van der Waals surface area contributed by atoms with E-state index in [1.54, 1.807) is 25.1 Å². The van der Waals surface area contributed by atoms with Crippen LogP contribution in [0, 0.1) is 13.8 Å². The Bertz CT molecular complexity index is 913. The monoisotopic (exact) mass is 464 g/mol. The lowest BCUT2D eigenvalue weighted by molar-refractivity contribution is -0.142. The van der Waals surface area contributed by atoms with Crippen molar-refractivity contribution in [2.75, 3.05) is 6.61 Å². The summed E-state index contributed by atoms with van der Waals surface area (Å²) in [6.45, 7) is 9.38. The fraction of sp³-hybridized carbons (Fsp3) is 0.417. The van der Waals surface area contributed by atoms with Crippen LogP contribution in [0.15, 0.2) is 36.4 Å². The number of hydrogen-bond acceptors (Lipinski definition) is 3. The average molecular weight is 465 g/mol. The first-order chi connectivity index (χ1) is 14.6. The third kappa shape index (κ3) is 6.88. The fourth-order valence-corrected chi connectivity index (χ4v) is 3.50. The zero-order chi connectivity index (χ0) is 23.1. The van der Waals surface area contributed by atoms with Crippen LogP contribution in [0.25, 0.3) is 0 Å². The van der Waals surface area contributed by atoms with E-state index in [9.17, 15) is 9.59 Å². The van der Waals surface area contributed by atoms with Crippen LogP contribution in [0.2, 0.25) is 10.0 Å². The molecule has 0 fully saturated rings. The summed E-state index contributed by atoms with van der Waals surface area (Å²) < 4.78 is 5.80. The smallest absolute Gasteiger partial charge is 0.261 e. The van der Waals surface area contributed by atoms with Crippen molar-refractivity contribution in [2.24, 2.45) is 0 Å². The molecule has 2 atom stereocenters. The van der Waals surface area contributed by atoms with Gasteiger partial charge in [-0.05, 0) is 63.4 Å². The van der Waals surface area contributed by atoms with Crippen LogP contribution in [0.1, 0.15) is 43.9 Å². The molecule has 0 aliphatic heterocycles. The molecule has 0 aliphatic carbocycles. The van der Waals surface area contributed by atoms with Crippen molar-refractivity contribution < 1.29 is 14.3 Å². The third-order valence-electron chi connectivity index (χ3n) is 5.25. The molecule has 2 amide bonds. The maximum atomic E-state index is 13.2. The van der Waals surface area contributed by atoms with Gasteiger partial charge in [-0.25, -0.2) is 0 Å². The second-order valence-electron chi connectivity index (χ2n) is 7.77. The number of ether oxygens (including phenoxy) is 1. The van der Waals surface area contributed by atoms with E-state index in [2.05, 4.69) is 5.32 Å². The zero-order valence-corrected chi connectivity index (χ0v) is 20.2. The van der Waals surface area contributed by atoms with Gasteiger partial charge in [-0.2, -0.15) is 0 Å². The minimum atomic E-state index is -0.726. The SMILES string of the molecule is CC[C@@H](C)NC(=O)[C@@H](C)N(Cc1c(Cl)cccc1Cl)C(=O)COc1cc(C)ccc1C. The van der Waals surface area contributed by atoms with Gasteiger partial charge in [0.15, 0.2) is 6.61 Å². The summed E-state index contributed by atoms with van der Waals surface area (Å²) in [7, 11) is 0. The van der Waals surface area contributed by atoms with Crippen LogP contribution >= 0.6 is 23.2 Å². The molecular formula is C24H30Cl2N2O3. The van der Waals surface area contributed by atoms with Gasteiger partial charge >= 0.3 is 0 Å². The normalized spacial score (nSPS) is 12.7. The summed E-state index contributed by atoms with van der Waals surface area (Å²) >= 11 is 12.7. The van der Waals surface area contributed by atoms with E-state index < -0.39 is 6.04 Å². The summed E-state index contributed by atoms with van der Waals surface area (Å²) in [4.78, 5) is 27.4. The minimum Gasteiger partial charge on any atom is -0.483 e. The van der Waals surface area contributed by atoms with Crippen molar-refractivity contribution in [1.82, 2.24) is 10.2 Å². The predicted octanol–water partition coefficient (Wildman–Crippen LogP) is 5.32. The van der Waals surface area contributed by atoms with Gasteiger partial charge in [-0.15, -0.1) is 0 Å². The Morgan fingerprint density at radius 1 is 1.10 bits per heavy atom. The number of hydrogen-bond donors (Lipinski definition) is 1. The van der Waals surface area contributed by atoms with Gasteiger partial charge in [0.1, 0.15) is 11.8 Å². The predicted molar refractivity (Wildman–Crippen MR) is 126 cm³/mol. The molecule has 1 N–H and O–H groups in total. The highest BCUT2D eigenvalue weighted by atomic mass is 35.5. The van der Waals surface area contributed by atoms with Crippen LogP contribution in [-0.4, -0.2) is 35.4 Å². The van der Waals surface area contributed by atoms with Crippen molar-refractivity contribution in [1.29, 1.82) is 0 Å². The van der Waals surface area contributed by atoms with Crippen molar-refractivity contribution in [3.05, 3.63) is 63.1 Å². The number of benzene rings is 2. The molecule has 31 heavy (non-hydrogen) atoms. The Kier molecular flexibility index (Phi) is 9.20. The van der Waals surface area contributed by atoms with Crippen LogP contribution in [-0.2, 0) is 16.1 Å². The molecule has 0 aliphatic rings. The quantitative estimate of drug-likeness (QED) is 0.545. The second kappa shape index (κ2) is 11.4. The molecule has 0 heterocycles. The molecule has 0 saturated heterocycles. The van der Waals surface area contributed by atoms with Gasteiger partial charge in [0.2, 0.25) is 5.91 Å². The van der Waals surface area contributed by atoms with E-state index in [-0.39, 0.29) is 31.0 Å². The Balaban J connectivity index is 2.26. The van der Waals surface area contributed by atoms with Crippen LogP contribution < -0.4 is 10.1 Å². The first-order valence-corrected chi connectivity index (χ1v) is 11.1. The Morgan fingerprint density at radius 3 is 2.35 bits per heavy atom. The highest BCUT2D eigenvalue weighted by Gasteiger charge is 2.28. The van der Waals surface area contributed by atoms with Gasteiger partial charge in [-0.1, -0.05) is 48.3 Å². The maximum absolute atomic E-state index is 13.2. The number of aryl methyl sites for hydroxylation is 2. The van der Waals surface area contributed by atoms with E-state index in [0.717, 1.165) is 17.5 Å².